The van der Waals surface area contributed by atoms with E-state index in [-0.39, 0.29) is 11.9 Å². The van der Waals surface area contributed by atoms with E-state index in [1.54, 1.807) is 16.8 Å². The number of morpholine rings is 1. The largest absolute Gasteiger partial charge is 0.378 e. The minimum atomic E-state index is -0.266. The van der Waals surface area contributed by atoms with Gasteiger partial charge in [0.05, 0.1) is 24.9 Å². The summed E-state index contributed by atoms with van der Waals surface area (Å²) < 4.78 is 21.1. The lowest BCUT2D eigenvalue weighted by Crippen LogP contribution is -2.35. The van der Waals surface area contributed by atoms with Crippen molar-refractivity contribution >= 4 is 0 Å². The fraction of sp³-hybridized carbons (Fsp3) is 0.400. The summed E-state index contributed by atoms with van der Waals surface area (Å²) in [5.74, 6) is -0.266. The molecule has 0 aliphatic carbocycles. The van der Waals surface area contributed by atoms with E-state index < -0.39 is 0 Å². The van der Waals surface area contributed by atoms with Crippen LogP contribution in [-0.4, -0.2) is 29.5 Å². The van der Waals surface area contributed by atoms with Crippen molar-refractivity contribution in [3.63, 3.8) is 0 Å². The number of para-hydroxylation sites is 1. The molecule has 4 nitrogen and oxygen atoms in total. The highest BCUT2D eigenvalue weighted by Gasteiger charge is 2.24. The van der Waals surface area contributed by atoms with Gasteiger partial charge in [0.1, 0.15) is 11.5 Å². The Balaban J connectivity index is 2.04. The Bertz CT molecular complexity index is 618. The molecule has 3 rings (SSSR count). The molecule has 0 unspecified atom stereocenters. The van der Waals surface area contributed by atoms with Gasteiger partial charge in [-0.05, 0) is 26.0 Å². The van der Waals surface area contributed by atoms with Gasteiger partial charge in [-0.3, -0.25) is 0 Å². The van der Waals surface area contributed by atoms with E-state index in [9.17, 15) is 4.39 Å². The molecule has 2 heterocycles. The molecule has 1 aliphatic rings. The van der Waals surface area contributed by atoms with Crippen molar-refractivity contribution < 1.29 is 9.13 Å². The van der Waals surface area contributed by atoms with Crippen LogP contribution >= 0.6 is 0 Å². The Morgan fingerprint density at radius 3 is 2.85 bits per heavy atom. The third-order valence-electron chi connectivity index (χ3n) is 3.70. The van der Waals surface area contributed by atoms with Crippen molar-refractivity contribution in [2.75, 3.05) is 19.8 Å². The first kappa shape index (κ1) is 13.3. The third kappa shape index (κ3) is 2.23. The van der Waals surface area contributed by atoms with Gasteiger partial charge in [0.15, 0.2) is 0 Å². The second kappa shape index (κ2) is 5.34. The summed E-state index contributed by atoms with van der Waals surface area (Å²) in [7, 11) is 0. The predicted molar refractivity (Wildman–Crippen MR) is 74.6 cm³/mol. The maximum absolute atomic E-state index is 13.9. The quantitative estimate of drug-likeness (QED) is 0.914. The molecule has 1 aliphatic heterocycles. The second-order valence-corrected chi connectivity index (χ2v) is 5.03. The molecular weight excluding hydrogens is 257 g/mol. The molecule has 20 heavy (non-hydrogen) atoms. The number of hydrogen-bond acceptors (Lipinski definition) is 3. The highest BCUT2D eigenvalue weighted by atomic mass is 19.1. The Morgan fingerprint density at radius 1 is 1.35 bits per heavy atom. The molecule has 0 spiro atoms. The molecule has 1 aromatic heterocycles. The lowest BCUT2D eigenvalue weighted by atomic mass is 10.0. The van der Waals surface area contributed by atoms with Crippen molar-refractivity contribution in [1.82, 2.24) is 15.1 Å². The molecule has 1 aromatic carbocycles. The standard InChI is InChI=1S/C15H18FN3O/c1-10-15(13-9-20-8-7-17-13)11(2)19(18-10)14-6-4-3-5-12(14)16/h3-6,13,17H,7-9H2,1-2H3/t13-/m1/s1. The number of hydrogen-bond donors (Lipinski definition) is 1. The van der Waals surface area contributed by atoms with Gasteiger partial charge in [-0.1, -0.05) is 12.1 Å². The number of aromatic nitrogens is 2. The molecule has 0 amide bonds. The zero-order chi connectivity index (χ0) is 14.1. The van der Waals surface area contributed by atoms with Crippen LogP contribution in [0.5, 0.6) is 0 Å². The molecule has 1 N–H and O–H groups in total. The zero-order valence-electron chi connectivity index (χ0n) is 11.7. The van der Waals surface area contributed by atoms with Crippen molar-refractivity contribution in [1.29, 1.82) is 0 Å². The van der Waals surface area contributed by atoms with E-state index in [1.807, 2.05) is 19.9 Å². The Labute approximate surface area is 117 Å². The lowest BCUT2D eigenvalue weighted by Gasteiger charge is -2.24. The molecule has 1 atom stereocenters. The fourth-order valence-electron chi connectivity index (χ4n) is 2.77. The Kier molecular flexibility index (Phi) is 3.54. The van der Waals surface area contributed by atoms with Crippen LogP contribution < -0.4 is 5.32 Å². The average molecular weight is 275 g/mol. The van der Waals surface area contributed by atoms with Crippen LogP contribution in [0.4, 0.5) is 4.39 Å². The van der Waals surface area contributed by atoms with Gasteiger partial charge in [-0.15, -0.1) is 0 Å². The molecule has 0 saturated carbocycles. The smallest absolute Gasteiger partial charge is 0.148 e. The summed E-state index contributed by atoms with van der Waals surface area (Å²) in [5.41, 5.74) is 3.45. The van der Waals surface area contributed by atoms with Gasteiger partial charge >= 0.3 is 0 Å². The topological polar surface area (TPSA) is 39.1 Å². The summed E-state index contributed by atoms with van der Waals surface area (Å²) in [6.45, 7) is 6.11. The van der Waals surface area contributed by atoms with Gasteiger partial charge in [0.2, 0.25) is 0 Å². The number of rotatable bonds is 2. The SMILES string of the molecule is Cc1nn(-c2ccccc2F)c(C)c1[C@H]1COCCN1. The first-order valence-electron chi connectivity index (χ1n) is 6.80. The predicted octanol–water partition coefficient (Wildman–Crippen LogP) is 2.29. The van der Waals surface area contributed by atoms with Crippen LogP contribution in [0.15, 0.2) is 24.3 Å². The molecule has 0 bridgehead atoms. The number of nitrogens with zero attached hydrogens (tertiary/aromatic N) is 2. The third-order valence-corrected chi connectivity index (χ3v) is 3.70. The first-order valence-corrected chi connectivity index (χ1v) is 6.80. The van der Waals surface area contributed by atoms with Crippen LogP contribution in [0.25, 0.3) is 5.69 Å². The van der Waals surface area contributed by atoms with Crippen molar-refractivity contribution in [3.05, 3.63) is 47.0 Å². The fourth-order valence-corrected chi connectivity index (χ4v) is 2.77. The summed E-state index contributed by atoms with van der Waals surface area (Å²) in [5, 5.41) is 7.92. The minimum absolute atomic E-state index is 0.129. The van der Waals surface area contributed by atoms with E-state index >= 15 is 0 Å². The van der Waals surface area contributed by atoms with Crippen LogP contribution in [0, 0.1) is 19.7 Å². The van der Waals surface area contributed by atoms with E-state index in [0.29, 0.717) is 12.3 Å². The summed E-state index contributed by atoms with van der Waals surface area (Å²) >= 11 is 0. The van der Waals surface area contributed by atoms with Gasteiger partial charge in [-0.2, -0.15) is 5.10 Å². The van der Waals surface area contributed by atoms with E-state index in [4.69, 9.17) is 4.74 Å². The van der Waals surface area contributed by atoms with Crippen LogP contribution in [-0.2, 0) is 4.74 Å². The second-order valence-electron chi connectivity index (χ2n) is 5.03. The number of benzene rings is 1. The zero-order valence-corrected chi connectivity index (χ0v) is 11.7. The Morgan fingerprint density at radius 2 is 2.15 bits per heavy atom. The van der Waals surface area contributed by atoms with E-state index in [2.05, 4.69) is 10.4 Å². The monoisotopic (exact) mass is 275 g/mol. The number of nitrogens with one attached hydrogen (secondary N) is 1. The van der Waals surface area contributed by atoms with Crippen molar-refractivity contribution in [2.24, 2.45) is 0 Å². The maximum atomic E-state index is 13.9. The summed E-state index contributed by atoms with van der Waals surface area (Å²) in [4.78, 5) is 0. The van der Waals surface area contributed by atoms with Crippen molar-refractivity contribution in [3.8, 4) is 5.69 Å². The lowest BCUT2D eigenvalue weighted by molar-refractivity contribution is 0.0765. The van der Waals surface area contributed by atoms with Gasteiger partial charge in [0.25, 0.3) is 0 Å². The first-order chi connectivity index (χ1) is 9.68. The molecule has 5 heteroatoms. The molecule has 1 saturated heterocycles. The van der Waals surface area contributed by atoms with Crippen LogP contribution in [0.3, 0.4) is 0 Å². The number of aryl methyl sites for hydroxylation is 1. The summed E-state index contributed by atoms with van der Waals surface area (Å²) in [6, 6.07) is 6.82. The molecule has 2 aromatic rings. The van der Waals surface area contributed by atoms with E-state index in [0.717, 1.165) is 30.1 Å². The maximum Gasteiger partial charge on any atom is 0.148 e. The average Bonchev–Trinajstić information content (AvgIpc) is 2.75. The summed E-state index contributed by atoms with van der Waals surface area (Å²) in [6.07, 6.45) is 0. The number of ether oxygens (including phenoxy) is 1. The normalized spacial score (nSPS) is 19.2. The highest BCUT2D eigenvalue weighted by Crippen LogP contribution is 2.26. The number of halogens is 1. The molecule has 0 radical (unpaired) electrons. The van der Waals surface area contributed by atoms with Gasteiger partial charge in [-0.25, -0.2) is 9.07 Å². The molecule has 106 valence electrons. The van der Waals surface area contributed by atoms with Gasteiger partial charge < -0.3 is 10.1 Å². The molecule has 1 fully saturated rings. The highest BCUT2D eigenvalue weighted by molar-refractivity contribution is 5.39. The van der Waals surface area contributed by atoms with Crippen LogP contribution in [0.1, 0.15) is 23.0 Å². The van der Waals surface area contributed by atoms with Crippen molar-refractivity contribution in [2.45, 2.75) is 19.9 Å². The minimum Gasteiger partial charge on any atom is -0.378 e. The molecular formula is C15H18FN3O. The van der Waals surface area contributed by atoms with Crippen LogP contribution in [0.2, 0.25) is 0 Å². The van der Waals surface area contributed by atoms with E-state index in [1.165, 1.54) is 6.07 Å². The van der Waals surface area contributed by atoms with Gasteiger partial charge in [0, 0.05) is 17.8 Å². The Hall–Kier alpha value is -1.72.